The van der Waals surface area contributed by atoms with Crippen LogP contribution >= 0.6 is 0 Å². The first-order chi connectivity index (χ1) is 9.32. The molecule has 1 unspecified atom stereocenters. The molecule has 1 atom stereocenters. The Bertz CT molecular complexity index is 438. The van der Waals surface area contributed by atoms with E-state index in [9.17, 15) is 0 Å². The highest BCUT2D eigenvalue weighted by atomic mass is 15.3. The van der Waals surface area contributed by atoms with Crippen LogP contribution < -0.4 is 5.73 Å². The Morgan fingerprint density at radius 1 is 1.20 bits per heavy atom. The second kappa shape index (κ2) is 5.84. The number of nitrogens with two attached hydrogens (primary N) is 1. The van der Waals surface area contributed by atoms with Gasteiger partial charge in [0, 0.05) is 44.0 Å². The standard InChI is InChI=1S/C15H29N5/c1-11-14(18-12(2)17-11)13(10-16)19-6-8-20(9-7-19)15(3,4)5/h13H,6-10,16H2,1-5H3,(H,17,18). The van der Waals surface area contributed by atoms with E-state index >= 15 is 0 Å². The van der Waals surface area contributed by atoms with Crippen molar-refractivity contribution < 1.29 is 0 Å². The van der Waals surface area contributed by atoms with Crippen LogP contribution in [0, 0.1) is 13.8 Å². The molecular formula is C15H29N5. The third-order valence-electron chi connectivity index (χ3n) is 4.28. The normalized spacial score (nSPS) is 20.3. The average Bonchev–Trinajstić information content (AvgIpc) is 2.69. The number of aryl methyl sites for hydroxylation is 2. The zero-order valence-corrected chi connectivity index (χ0v) is 13.5. The van der Waals surface area contributed by atoms with Gasteiger partial charge in [-0.1, -0.05) is 0 Å². The van der Waals surface area contributed by atoms with Crippen LogP contribution in [0.4, 0.5) is 0 Å². The van der Waals surface area contributed by atoms with Crippen LogP contribution in [-0.4, -0.2) is 58.0 Å². The molecule has 0 spiro atoms. The summed E-state index contributed by atoms with van der Waals surface area (Å²) in [7, 11) is 0. The van der Waals surface area contributed by atoms with Crippen molar-refractivity contribution in [1.29, 1.82) is 0 Å². The fourth-order valence-corrected chi connectivity index (χ4v) is 3.09. The Morgan fingerprint density at radius 3 is 2.20 bits per heavy atom. The van der Waals surface area contributed by atoms with E-state index in [0.717, 1.165) is 43.4 Å². The van der Waals surface area contributed by atoms with Crippen molar-refractivity contribution in [1.82, 2.24) is 19.8 Å². The van der Waals surface area contributed by atoms with Gasteiger partial charge in [-0.25, -0.2) is 4.98 Å². The number of nitrogens with zero attached hydrogens (tertiary/aromatic N) is 3. The number of H-pyrrole nitrogens is 1. The molecular weight excluding hydrogens is 250 g/mol. The number of imidazole rings is 1. The molecule has 1 aliphatic rings. The van der Waals surface area contributed by atoms with E-state index in [-0.39, 0.29) is 11.6 Å². The van der Waals surface area contributed by atoms with Crippen molar-refractivity contribution in [2.75, 3.05) is 32.7 Å². The van der Waals surface area contributed by atoms with Gasteiger partial charge in [0.15, 0.2) is 0 Å². The van der Waals surface area contributed by atoms with Crippen LogP contribution in [0.3, 0.4) is 0 Å². The first-order valence-corrected chi connectivity index (χ1v) is 7.55. The van der Waals surface area contributed by atoms with E-state index in [4.69, 9.17) is 5.73 Å². The maximum atomic E-state index is 6.03. The van der Waals surface area contributed by atoms with Crippen molar-refractivity contribution in [3.8, 4) is 0 Å². The predicted molar refractivity (Wildman–Crippen MR) is 82.8 cm³/mol. The van der Waals surface area contributed by atoms with Crippen LogP contribution in [0.1, 0.15) is 44.0 Å². The Labute approximate surface area is 122 Å². The molecule has 0 aromatic carbocycles. The SMILES string of the molecule is Cc1nc(C(CN)N2CCN(C(C)(C)C)CC2)c(C)[nH]1. The molecule has 1 aromatic rings. The highest BCUT2D eigenvalue weighted by Gasteiger charge is 2.30. The third kappa shape index (κ3) is 3.22. The van der Waals surface area contributed by atoms with Crippen LogP contribution in [-0.2, 0) is 0 Å². The quantitative estimate of drug-likeness (QED) is 0.879. The number of aromatic amines is 1. The first-order valence-electron chi connectivity index (χ1n) is 7.55. The average molecular weight is 279 g/mol. The third-order valence-corrected chi connectivity index (χ3v) is 4.28. The van der Waals surface area contributed by atoms with E-state index in [2.05, 4.69) is 47.5 Å². The molecule has 1 aromatic heterocycles. The molecule has 5 nitrogen and oxygen atoms in total. The molecule has 2 rings (SSSR count). The smallest absolute Gasteiger partial charge is 0.103 e. The zero-order valence-electron chi connectivity index (χ0n) is 13.5. The van der Waals surface area contributed by atoms with Gasteiger partial charge in [-0.05, 0) is 34.6 Å². The lowest BCUT2D eigenvalue weighted by atomic mass is 10.0. The summed E-state index contributed by atoms with van der Waals surface area (Å²) in [6.45, 7) is 15.9. The highest BCUT2D eigenvalue weighted by molar-refractivity contribution is 5.17. The highest BCUT2D eigenvalue weighted by Crippen LogP contribution is 2.24. The summed E-state index contributed by atoms with van der Waals surface area (Å²) in [5, 5.41) is 0. The minimum absolute atomic E-state index is 0.238. The zero-order chi connectivity index (χ0) is 14.9. The summed E-state index contributed by atoms with van der Waals surface area (Å²) in [6.07, 6.45) is 0. The Kier molecular flexibility index (Phi) is 4.52. The van der Waals surface area contributed by atoms with E-state index in [1.807, 2.05) is 6.92 Å². The molecule has 20 heavy (non-hydrogen) atoms. The van der Waals surface area contributed by atoms with Crippen LogP contribution in [0.25, 0.3) is 0 Å². The summed E-state index contributed by atoms with van der Waals surface area (Å²) in [5.41, 5.74) is 8.55. The number of nitrogens with one attached hydrogen (secondary N) is 1. The maximum Gasteiger partial charge on any atom is 0.103 e. The number of hydrogen-bond donors (Lipinski definition) is 2. The molecule has 0 saturated carbocycles. The summed E-state index contributed by atoms with van der Waals surface area (Å²) in [6, 6.07) is 0.238. The van der Waals surface area contributed by atoms with E-state index in [1.54, 1.807) is 0 Å². The van der Waals surface area contributed by atoms with Crippen molar-refractivity contribution in [3.63, 3.8) is 0 Å². The summed E-state index contributed by atoms with van der Waals surface area (Å²) >= 11 is 0. The molecule has 0 bridgehead atoms. The van der Waals surface area contributed by atoms with E-state index in [1.165, 1.54) is 0 Å². The molecule has 3 N–H and O–H groups in total. The first kappa shape index (κ1) is 15.5. The second-order valence-electron chi connectivity index (χ2n) is 6.78. The van der Waals surface area contributed by atoms with Crippen LogP contribution in [0.5, 0.6) is 0 Å². The second-order valence-corrected chi connectivity index (χ2v) is 6.78. The van der Waals surface area contributed by atoms with Gasteiger partial charge in [-0.2, -0.15) is 0 Å². The van der Waals surface area contributed by atoms with Gasteiger partial charge < -0.3 is 10.7 Å². The molecule has 114 valence electrons. The van der Waals surface area contributed by atoms with Crippen molar-refractivity contribution in [2.45, 2.75) is 46.2 Å². The number of aromatic nitrogens is 2. The largest absolute Gasteiger partial charge is 0.346 e. The lowest BCUT2D eigenvalue weighted by molar-refractivity contribution is 0.0424. The topological polar surface area (TPSA) is 61.2 Å². The van der Waals surface area contributed by atoms with Crippen LogP contribution in [0.15, 0.2) is 0 Å². The number of rotatable bonds is 3. The Hall–Kier alpha value is -0.910. The predicted octanol–water partition coefficient (Wildman–Crippen LogP) is 1.44. The monoisotopic (exact) mass is 279 g/mol. The summed E-state index contributed by atoms with van der Waals surface area (Å²) < 4.78 is 0. The molecule has 0 radical (unpaired) electrons. The minimum atomic E-state index is 0.238. The molecule has 1 fully saturated rings. The molecule has 1 saturated heterocycles. The van der Waals surface area contributed by atoms with Gasteiger partial charge in [0.2, 0.25) is 0 Å². The van der Waals surface area contributed by atoms with Crippen molar-refractivity contribution >= 4 is 0 Å². The summed E-state index contributed by atoms with van der Waals surface area (Å²) in [4.78, 5) is 12.9. The fraction of sp³-hybridized carbons (Fsp3) is 0.800. The molecule has 2 heterocycles. The Morgan fingerprint density at radius 2 is 1.80 bits per heavy atom. The Balaban J connectivity index is 2.06. The van der Waals surface area contributed by atoms with Crippen LogP contribution in [0.2, 0.25) is 0 Å². The summed E-state index contributed by atoms with van der Waals surface area (Å²) in [5.74, 6) is 0.976. The number of hydrogen-bond acceptors (Lipinski definition) is 4. The lowest BCUT2D eigenvalue weighted by Crippen LogP contribution is -2.54. The van der Waals surface area contributed by atoms with E-state index in [0.29, 0.717) is 6.54 Å². The number of piperazine rings is 1. The van der Waals surface area contributed by atoms with Gasteiger partial charge in [0.1, 0.15) is 5.82 Å². The van der Waals surface area contributed by atoms with Crippen molar-refractivity contribution in [3.05, 3.63) is 17.2 Å². The van der Waals surface area contributed by atoms with Gasteiger partial charge in [0.05, 0.1) is 11.7 Å². The molecule has 0 aliphatic carbocycles. The fourth-order valence-electron chi connectivity index (χ4n) is 3.09. The van der Waals surface area contributed by atoms with Gasteiger partial charge in [-0.15, -0.1) is 0 Å². The molecule has 0 amide bonds. The molecule has 1 aliphatic heterocycles. The van der Waals surface area contributed by atoms with Crippen molar-refractivity contribution in [2.24, 2.45) is 5.73 Å². The van der Waals surface area contributed by atoms with E-state index < -0.39 is 0 Å². The van der Waals surface area contributed by atoms with Gasteiger partial charge >= 0.3 is 0 Å². The van der Waals surface area contributed by atoms with Gasteiger partial charge in [0.25, 0.3) is 0 Å². The maximum absolute atomic E-state index is 6.03. The van der Waals surface area contributed by atoms with Gasteiger partial charge in [-0.3, -0.25) is 9.80 Å². The minimum Gasteiger partial charge on any atom is -0.346 e. The molecule has 5 heteroatoms. The lowest BCUT2D eigenvalue weighted by Gasteiger charge is -2.44.